The van der Waals surface area contributed by atoms with Gasteiger partial charge >= 0.3 is 0 Å². The first-order chi connectivity index (χ1) is 24.3. The summed E-state index contributed by atoms with van der Waals surface area (Å²) < 4.78 is 48.7. The van der Waals surface area contributed by atoms with E-state index in [0.717, 1.165) is 43.8 Å². The molecule has 9 rings (SSSR count). The highest BCUT2D eigenvalue weighted by atomic mass is 16.3. The normalized spacial score (nSPS) is 13.1. The van der Waals surface area contributed by atoms with Gasteiger partial charge in [-0.05, 0) is 63.0 Å². The molecular weight excluding hydrogens is 550 g/mol. The second-order valence-electron chi connectivity index (χ2n) is 10.9. The minimum Gasteiger partial charge on any atom is -0.456 e. The Morgan fingerprint density at radius 1 is 0.444 bits per heavy atom. The Bertz CT molecular complexity index is 2830. The molecule has 0 amide bonds. The zero-order valence-electron chi connectivity index (χ0n) is 28.8. The van der Waals surface area contributed by atoms with E-state index in [0.29, 0.717) is 28.0 Å². The maximum absolute atomic E-state index is 9.06. The fourth-order valence-corrected chi connectivity index (χ4v) is 5.92. The molecule has 0 saturated carbocycles. The highest BCUT2D eigenvalue weighted by Gasteiger charge is 2.18. The van der Waals surface area contributed by atoms with Crippen molar-refractivity contribution in [2.75, 3.05) is 0 Å². The van der Waals surface area contributed by atoms with E-state index in [4.69, 9.17) is 26.2 Å². The third-order valence-electron chi connectivity index (χ3n) is 8.15. The summed E-state index contributed by atoms with van der Waals surface area (Å²) in [6.45, 7) is 0. The van der Waals surface area contributed by atoms with Gasteiger partial charge in [-0.1, -0.05) is 121 Å². The van der Waals surface area contributed by atoms with E-state index in [-0.39, 0.29) is 47.2 Å². The molecule has 0 spiro atoms. The van der Waals surface area contributed by atoms with Gasteiger partial charge in [-0.3, -0.25) is 0 Å². The van der Waals surface area contributed by atoms with Crippen LogP contribution in [0.15, 0.2) is 156 Å². The molecule has 0 aliphatic rings. The number of aromatic nitrogens is 3. The number of para-hydroxylation sites is 1. The summed E-state index contributed by atoms with van der Waals surface area (Å²) >= 11 is 0. The molecule has 0 bridgehead atoms. The SMILES string of the molecule is [2H]c1cc2c(oc3c([2H])cc([2H])c(-c4nc(-c5ccc6ccccc6c5)nc(-c5ccc6cc(-c7ccccc7)ccc6c5)n4)c32)c([2H])c1[2H]. The summed E-state index contributed by atoms with van der Waals surface area (Å²) in [6, 6.07) is 38.8. The number of hydrogen-bond donors (Lipinski definition) is 0. The quantitative estimate of drug-likeness (QED) is 0.208. The molecule has 0 fully saturated rings. The van der Waals surface area contributed by atoms with Crippen molar-refractivity contribution in [2.24, 2.45) is 0 Å². The van der Waals surface area contributed by atoms with Crippen LogP contribution in [0.2, 0.25) is 0 Å². The molecule has 9 aromatic rings. The topological polar surface area (TPSA) is 51.8 Å². The van der Waals surface area contributed by atoms with Crippen molar-refractivity contribution >= 4 is 43.5 Å². The van der Waals surface area contributed by atoms with E-state index < -0.39 is 0 Å². The smallest absolute Gasteiger partial charge is 0.164 e. The zero-order chi connectivity index (χ0) is 34.1. The van der Waals surface area contributed by atoms with E-state index in [9.17, 15) is 0 Å². The van der Waals surface area contributed by atoms with Crippen LogP contribution in [0.1, 0.15) is 6.85 Å². The van der Waals surface area contributed by atoms with Gasteiger partial charge in [0.05, 0.1) is 6.85 Å². The number of nitrogens with zero attached hydrogens (tertiary/aromatic N) is 3. The zero-order valence-corrected chi connectivity index (χ0v) is 23.8. The van der Waals surface area contributed by atoms with Crippen molar-refractivity contribution < 1.29 is 11.3 Å². The molecule has 0 radical (unpaired) electrons. The molecule has 4 heteroatoms. The van der Waals surface area contributed by atoms with E-state index in [2.05, 4.69) is 30.3 Å². The van der Waals surface area contributed by atoms with Crippen molar-refractivity contribution in [1.82, 2.24) is 15.0 Å². The van der Waals surface area contributed by atoms with Crippen LogP contribution < -0.4 is 0 Å². The van der Waals surface area contributed by atoms with Crippen molar-refractivity contribution in [3.63, 3.8) is 0 Å². The first-order valence-corrected chi connectivity index (χ1v) is 14.6. The Kier molecular flexibility index (Phi) is 4.72. The highest BCUT2D eigenvalue weighted by Crippen LogP contribution is 2.37. The Balaban J connectivity index is 1.29. The number of hydrogen-bond acceptors (Lipinski definition) is 4. The summed E-state index contributed by atoms with van der Waals surface area (Å²) in [5.74, 6) is 1.00. The minimum absolute atomic E-state index is 0.00762. The molecule has 0 unspecified atom stereocenters. The lowest BCUT2D eigenvalue weighted by atomic mass is 10.00. The van der Waals surface area contributed by atoms with Gasteiger partial charge in [0.1, 0.15) is 11.2 Å². The van der Waals surface area contributed by atoms with Crippen LogP contribution in [0, 0.1) is 0 Å². The third-order valence-corrected chi connectivity index (χ3v) is 8.15. The maximum Gasteiger partial charge on any atom is 0.164 e. The molecule has 45 heavy (non-hydrogen) atoms. The molecule has 210 valence electrons. The van der Waals surface area contributed by atoms with Crippen molar-refractivity contribution in [3.05, 3.63) is 152 Å². The predicted molar refractivity (Wildman–Crippen MR) is 184 cm³/mol. The molecular formula is C41H25N3O. The van der Waals surface area contributed by atoms with Crippen LogP contribution in [-0.2, 0) is 0 Å². The van der Waals surface area contributed by atoms with Gasteiger partial charge in [-0.25, -0.2) is 15.0 Å². The molecule has 0 aliphatic heterocycles. The number of fused-ring (bicyclic) bond motifs is 5. The second-order valence-corrected chi connectivity index (χ2v) is 10.9. The summed E-state index contributed by atoms with van der Waals surface area (Å²) in [5.41, 5.74) is 4.29. The molecule has 2 heterocycles. The molecule has 0 aliphatic carbocycles. The van der Waals surface area contributed by atoms with Gasteiger partial charge in [-0.2, -0.15) is 0 Å². The maximum atomic E-state index is 9.06. The Morgan fingerprint density at radius 3 is 1.84 bits per heavy atom. The molecule has 2 aromatic heterocycles. The summed E-state index contributed by atoms with van der Waals surface area (Å²) in [4.78, 5) is 14.8. The molecule has 0 N–H and O–H groups in total. The minimum atomic E-state index is -0.274. The van der Waals surface area contributed by atoms with Crippen molar-refractivity contribution in [3.8, 4) is 45.3 Å². The number of benzene rings is 7. The van der Waals surface area contributed by atoms with Gasteiger partial charge < -0.3 is 4.42 Å². The lowest BCUT2D eigenvalue weighted by Crippen LogP contribution is -2.00. The second kappa shape index (κ2) is 10.2. The largest absolute Gasteiger partial charge is 0.456 e. The fourth-order valence-electron chi connectivity index (χ4n) is 5.92. The first kappa shape index (κ1) is 20.7. The van der Waals surface area contributed by atoms with Crippen LogP contribution in [0.25, 0.3) is 88.8 Å². The Morgan fingerprint density at radius 2 is 1.07 bits per heavy atom. The van der Waals surface area contributed by atoms with E-state index in [1.165, 1.54) is 12.1 Å². The summed E-state index contributed by atoms with van der Waals surface area (Å²) in [5, 5.41) is 4.89. The van der Waals surface area contributed by atoms with Gasteiger partial charge in [0, 0.05) is 27.5 Å². The predicted octanol–water partition coefficient (Wildman–Crippen LogP) is 10.7. The lowest BCUT2D eigenvalue weighted by Gasteiger charge is -2.11. The van der Waals surface area contributed by atoms with Crippen LogP contribution in [0.4, 0.5) is 0 Å². The van der Waals surface area contributed by atoms with Crippen molar-refractivity contribution in [1.29, 1.82) is 0 Å². The van der Waals surface area contributed by atoms with Crippen molar-refractivity contribution in [2.45, 2.75) is 0 Å². The van der Waals surface area contributed by atoms with Crippen LogP contribution in [-0.4, -0.2) is 15.0 Å². The third kappa shape index (κ3) is 4.43. The van der Waals surface area contributed by atoms with Gasteiger partial charge in [0.2, 0.25) is 0 Å². The van der Waals surface area contributed by atoms with E-state index in [1.807, 2.05) is 78.9 Å². The molecule has 7 aromatic carbocycles. The molecule has 0 atom stereocenters. The standard InChI is InChI=1S/C41H25N3O/c1-2-9-26(10-3-1)29-18-19-31-25-33(22-20-30(31)23-29)40-42-39(32-21-17-27-11-4-5-12-28(27)24-32)43-41(44-40)35-14-8-16-37-38(35)34-13-6-7-15-36(34)45-37/h1-25H/i6D,7D,14D,15D,16D. The first-order valence-electron chi connectivity index (χ1n) is 17.1. The van der Waals surface area contributed by atoms with Gasteiger partial charge in [0.25, 0.3) is 0 Å². The van der Waals surface area contributed by atoms with Crippen LogP contribution >= 0.6 is 0 Å². The Hall–Kier alpha value is -6.13. The summed E-state index contributed by atoms with van der Waals surface area (Å²) in [7, 11) is 0. The fraction of sp³-hybridized carbons (Fsp3) is 0. The number of furan rings is 1. The highest BCUT2D eigenvalue weighted by molar-refractivity contribution is 6.11. The Labute approximate surface area is 266 Å². The average molecular weight is 581 g/mol. The van der Waals surface area contributed by atoms with Gasteiger partial charge in [-0.15, -0.1) is 0 Å². The van der Waals surface area contributed by atoms with Crippen LogP contribution in [0.3, 0.4) is 0 Å². The monoisotopic (exact) mass is 580 g/mol. The summed E-state index contributed by atoms with van der Waals surface area (Å²) in [6.07, 6.45) is 0. The van der Waals surface area contributed by atoms with E-state index >= 15 is 0 Å². The van der Waals surface area contributed by atoms with E-state index in [1.54, 1.807) is 0 Å². The molecule has 4 nitrogen and oxygen atoms in total. The number of rotatable bonds is 4. The van der Waals surface area contributed by atoms with Crippen LogP contribution in [0.5, 0.6) is 0 Å². The average Bonchev–Trinajstić information content (AvgIpc) is 3.53. The lowest BCUT2D eigenvalue weighted by molar-refractivity contribution is 0.669. The van der Waals surface area contributed by atoms with Gasteiger partial charge in [0.15, 0.2) is 17.5 Å². The molecule has 0 saturated heterocycles.